The van der Waals surface area contributed by atoms with Crippen LogP contribution in [0.2, 0.25) is 0 Å². The van der Waals surface area contributed by atoms with Crippen molar-refractivity contribution in [2.24, 2.45) is 0 Å². The molecule has 0 radical (unpaired) electrons. The molecule has 0 aliphatic carbocycles. The monoisotopic (exact) mass is 348 g/mol. The second kappa shape index (κ2) is 7.06. The molecule has 134 valence electrons. The summed E-state index contributed by atoms with van der Waals surface area (Å²) in [5.74, 6) is -0.542. The van der Waals surface area contributed by atoms with Crippen molar-refractivity contribution in [2.45, 2.75) is 33.3 Å². The molecule has 2 rings (SSSR count). The van der Waals surface area contributed by atoms with Crippen LogP contribution in [-0.2, 0) is 10.4 Å². The van der Waals surface area contributed by atoms with Crippen LogP contribution < -0.4 is 10.6 Å². The minimum absolute atomic E-state index is 0.130. The molecule has 25 heavy (non-hydrogen) atoms. The van der Waals surface area contributed by atoms with Gasteiger partial charge in [0.05, 0.1) is 12.1 Å². The van der Waals surface area contributed by atoms with Gasteiger partial charge in [0.2, 0.25) is 5.91 Å². The van der Waals surface area contributed by atoms with E-state index in [1.165, 1.54) is 26.0 Å². The maximum Gasteiger partial charge on any atom is 0.254 e. The number of aryl methyl sites for hydroxylation is 2. The van der Waals surface area contributed by atoms with Crippen LogP contribution in [0.3, 0.4) is 0 Å². The molecule has 1 aromatic heterocycles. The molecule has 0 bridgehead atoms. The van der Waals surface area contributed by atoms with E-state index in [2.05, 4.69) is 10.6 Å². The molecule has 6 nitrogen and oxygen atoms in total. The Morgan fingerprint density at radius 2 is 1.96 bits per heavy atom. The van der Waals surface area contributed by atoms with Crippen LogP contribution in [0.5, 0.6) is 0 Å². The van der Waals surface area contributed by atoms with Crippen molar-refractivity contribution in [1.29, 1.82) is 0 Å². The highest BCUT2D eigenvalue weighted by molar-refractivity contribution is 5.97. The molecule has 0 spiro atoms. The molecule has 0 saturated heterocycles. The van der Waals surface area contributed by atoms with Crippen LogP contribution in [0.4, 0.5) is 10.1 Å². The van der Waals surface area contributed by atoms with Crippen molar-refractivity contribution in [2.75, 3.05) is 11.9 Å². The van der Waals surface area contributed by atoms with E-state index in [0.29, 0.717) is 22.8 Å². The molecule has 0 saturated carbocycles. The number of hydrogen-bond acceptors (Lipinski definition) is 4. The Labute approximate surface area is 145 Å². The number of rotatable bonds is 5. The summed E-state index contributed by atoms with van der Waals surface area (Å²) in [6, 6.07) is 5.40. The number of aliphatic hydroxyl groups is 1. The number of carbonyl (C=O) groups is 2. The highest BCUT2D eigenvalue weighted by Crippen LogP contribution is 2.26. The van der Waals surface area contributed by atoms with Crippen molar-refractivity contribution in [1.82, 2.24) is 5.32 Å². The molecule has 2 aromatic rings. The SMILES string of the molecule is CC(=O)Nc1ccc(F)c(C(=O)NCC(C)(O)c2cc(C)oc2C)c1. The number of hydrogen-bond donors (Lipinski definition) is 3. The standard InChI is InChI=1S/C18H21FN2O4/c1-10-7-15(11(2)25-10)18(4,24)9-20-17(23)14-8-13(21-12(3)22)5-6-16(14)19/h5-8,24H,9H2,1-4H3,(H,20,23)(H,21,22). The quantitative estimate of drug-likeness (QED) is 0.775. The number of anilines is 1. The minimum atomic E-state index is -1.37. The first-order valence-corrected chi connectivity index (χ1v) is 7.75. The second-order valence-electron chi connectivity index (χ2n) is 6.16. The summed E-state index contributed by atoms with van der Waals surface area (Å²) in [7, 11) is 0. The normalized spacial score (nSPS) is 13.2. The number of furan rings is 1. The van der Waals surface area contributed by atoms with E-state index in [4.69, 9.17) is 4.42 Å². The first kappa shape index (κ1) is 18.7. The van der Waals surface area contributed by atoms with Crippen LogP contribution in [-0.4, -0.2) is 23.5 Å². The highest BCUT2D eigenvalue weighted by Gasteiger charge is 2.28. The Kier molecular flexibility index (Phi) is 5.27. The Morgan fingerprint density at radius 1 is 1.28 bits per heavy atom. The second-order valence-corrected chi connectivity index (χ2v) is 6.16. The van der Waals surface area contributed by atoms with Gasteiger partial charge in [0.1, 0.15) is 22.9 Å². The molecule has 7 heteroatoms. The topological polar surface area (TPSA) is 91.6 Å². The van der Waals surface area contributed by atoms with Crippen molar-refractivity contribution >= 4 is 17.5 Å². The third-order valence-electron chi connectivity index (χ3n) is 3.75. The Balaban J connectivity index is 2.14. The van der Waals surface area contributed by atoms with Crippen LogP contribution in [0.1, 0.15) is 41.3 Å². The van der Waals surface area contributed by atoms with Gasteiger partial charge in [-0.3, -0.25) is 9.59 Å². The summed E-state index contributed by atoms with van der Waals surface area (Å²) in [4.78, 5) is 23.4. The fraction of sp³-hybridized carbons (Fsp3) is 0.333. The molecule has 1 unspecified atom stereocenters. The van der Waals surface area contributed by atoms with Crippen LogP contribution in [0.25, 0.3) is 0 Å². The third kappa shape index (κ3) is 4.45. The predicted octanol–water partition coefficient (Wildman–Crippen LogP) is 2.63. The molecular formula is C18H21FN2O4. The summed E-state index contributed by atoms with van der Waals surface area (Å²) < 4.78 is 19.3. The maximum atomic E-state index is 13.9. The largest absolute Gasteiger partial charge is 0.466 e. The first-order chi connectivity index (χ1) is 11.6. The lowest BCUT2D eigenvalue weighted by Crippen LogP contribution is -2.39. The fourth-order valence-corrected chi connectivity index (χ4v) is 2.59. The van der Waals surface area contributed by atoms with Crippen LogP contribution in [0.15, 0.2) is 28.7 Å². The summed E-state index contributed by atoms with van der Waals surface area (Å²) in [6.45, 7) is 6.20. The highest BCUT2D eigenvalue weighted by atomic mass is 19.1. The van der Waals surface area contributed by atoms with Crippen LogP contribution >= 0.6 is 0 Å². The molecular weight excluding hydrogens is 327 g/mol. The summed E-state index contributed by atoms with van der Waals surface area (Å²) in [5.41, 5.74) is -0.726. The van der Waals surface area contributed by atoms with Gasteiger partial charge in [0.15, 0.2) is 0 Å². The van der Waals surface area contributed by atoms with Crippen molar-refractivity contribution in [3.8, 4) is 0 Å². The number of carbonyl (C=O) groups excluding carboxylic acids is 2. The zero-order chi connectivity index (χ0) is 18.8. The third-order valence-corrected chi connectivity index (χ3v) is 3.75. The van der Waals surface area contributed by atoms with Gasteiger partial charge in [-0.2, -0.15) is 0 Å². The number of benzene rings is 1. The van der Waals surface area contributed by atoms with Gasteiger partial charge < -0.3 is 20.2 Å². The van der Waals surface area contributed by atoms with E-state index in [-0.39, 0.29) is 18.0 Å². The van der Waals surface area contributed by atoms with E-state index >= 15 is 0 Å². The first-order valence-electron chi connectivity index (χ1n) is 7.75. The van der Waals surface area contributed by atoms with Gasteiger partial charge in [-0.25, -0.2) is 4.39 Å². The average molecular weight is 348 g/mol. The van der Waals surface area contributed by atoms with E-state index in [1.807, 2.05) is 0 Å². The zero-order valence-electron chi connectivity index (χ0n) is 14.6. The van der Waals surface area contributed by atoms with Gasteiger partial charge in [-0.05, 0) is 45.0 Å². The minimum Gasteiger partial charge on any atom is -0.466 e. The van der Waals surface area contributed by atoms with Crippen molar-refractivity contribution < 1.29 is 23.5 Å². The van der Waals surface area contributed by atoms with Gasteiger partial charge in [-0.15, -0.1) is 0 Å². The van der Waals surface area contributed by atoms with Gasteiger partial charge in [0, 0.05) is 18.2 Å². The van der Waals surface area contributed by atoms with E-state index in [9.17, 15) is 19.1 Å². The summed E-state index contributed by atoms with van der Waals surface area (Å²) in [5, 5.41) is 15.6. The average Bonchev–Trinajstić information content (AvgIpc) is 2.86. The Hall–Kier alpha value is -2.67. The fourth-order valence-electron chi connectivity index (χ4n) is 2.59. The molecule has 0 fully saturated rings. The molecule has 1 heterocycles. The zero-order valence-corrected chi connectivity index (χ0v) is 14.6. The molecule has 0 aliphatic heterocycles. The maximum absolute atomic E-state index is 13.9. The van der Waals surface area contributed by atoms with E-state index < -0.39 is 17.3 Å². The lowest BCUT2D eigenvalue weighted by atomic mass is 9.96. The summed E-state index contributed by atoms with van der Waals surface area (Å²) >= 11 is 0. The summed E-state index contributed by atoms with van der Waals surface area (Å²) in [6.07, 6.45) is 0. The van der Waals surface area contributed by atoms with Crippen molar-refractivity contribution in [3.05, 3.63) is 52.7 Å². The number of nitrogens with one attached hydrogen (secondary N) is 2. The van der Waals surface area contributed by atoms with Gasteiger partial charge >= 0.3 is 0 Å². The number of halogens is 1. The van der Waals surface area contributed by atoms with E-state index in [1.54, 1.807) is 19.9 Å². The molecule has 1 aromatic carbocycles. The van der Waals surface area contributed by atoms with Crippen molar-refractivity contribution in [3.63, 3.8) is 0 Å². The lowest BCUT2D eigenvalue weighted by Gasteiger charge is -2.23. The molecule has 0 aliphatic rings. The molecule has 1 atom stereocenters. The Morgan fingerprint density at radius 3 is 2.52 bits per heavy atom. The number of amides is 2. The molecule has 3 N–H and O–H groups in total. The molecule has 2 amide bonds. The lowest BCUT2D eigenvalue weighted by molar-refractivity contribution is -0.114. The Bertz CT molecular complexity index is 811. The predicted molar refractivity (Wildman–Crippen MR) is 90.8 cm³/mol. The van der Waals surface area contributed by atoms with E-state index in [0.717, 1.165) is 6.07 Å². The van der Waals surface area contributed by atoms with Gasteiger partial charge in [-0.1, -0.05) is 0 Å². The smallest absolute Gasteiger partial charge is 0.254 e. The van der Waals surface area contributed by atoms with Crippen LogP contribution in [0, 0.1) is 19.7 Å². The van der Waals surface area contributed by atoms with Gasteiger partial charge in [0.25, 0.3) is 5.91 Å².